The van der Waals surface area contributed by atoms with Crippen molar-refractivity contribution in [3.63, 3.8) is 0 Å². The minimum absolute atomic E-state index is 0.0283. The first-order valence-electron chi connectivity index (χ1n) is 7.25. The lowest BCUT2D eigenvalue weighted by molar-refractivity contribution is 0.0809. The molecule has 0 fully saturated rings. The van der Waals surface area contributed by atoms with Crippen LogP contribution in [0, 0.1) is 5.41 Å². The zero-order chi connectivity index (χ0) is 17.6. The summed E-state index contributed by atoms with van der Waals surface area (Å²) < 4.78 is 11.6. The van der Waals surface area contributed by atoms with Gasteiger partial charge in [0.05, 0.1) is 23.6 Å². The number of halogens is 1. The van der Waals surface area contributed by atoms with Crippen LogP contribution in [0.15, 0.2) is 22.7 Å². The number of aromatic nitrogens is 1. The minimum atomic E-state index is -1.34. The number of ketones is 1. The van der Waals surface area contributed by atoms with Gasteiger partial charge in [-0.3, -0.25) is 4.79 Å². The number of pyridine rings is 1. The van der Waals surface area contributed by atoms with Crippen molar-refractivity contribution in [1.29, 1.82) is 0 Å². The number of nitrogens with zero attached hydrogens (tertiary/aromatic N) is 1. The lowest BCUT2D eigenvalue weighted by atomic mass is 9.84. The van der Waals surface area contributed by atoms with Gasteiger partial charge in [0.25, 0.3) is 0 Å². The number of unbranched alkanes of at least 4 members (excludes halogenated alkanes) is 1. The molecule has 0 aliphatic rings. The average Bonchev–Trinajstić information content (AvgIpc) is 2.54. The van der Waals surface area contributed by atoms with Crippen molar-refractivity contribution in [3.05, 3.63) is 28.4 Å². The maximum atomic E-state index is 12.7. The normalized spacial score (nSPS) is 12.1. The van der Waals surface area contributed by atoms with Crippen LogP contribution in [0.25, 0.3) is 0 Å². The molecule has 0 aliphatic heterocycles. The second-order valence-corrected chi connectivity index (χ2v) is 6.34. The third kappa shape index (κ3) is 4.16. The van der Waals surface area contributed by atoms with E-state index in [9.17, 15) is 9.90 Å². The number of aliphatic hydroxyl groups excluding tert-OH is 2. The fourth-order valence-electron chi connectivity index (χ4n) is 1.83. The van der Waals surface area contributed by atoms with Gasteiger partial charge in [-0.25, -0.2) is 4.98 Å². The van der Waals surface area contributed by atoms with Crippen LogP contribution in [-0.4, -0.2) is 34.7 Å². The summed E-state index contributed by atoms with van der Waals surface area (Å²) >= 11 is 3.34. The molecular formula is C16H22BrNO5. The van der Waals surface area contributed by atoms with E-state index >= 15 is 0 Å². The summed E-state index contributed by atoms with van der Waals surface area (Å²) in [5.41, 5.74) is -1.32. The van der Waals surface area contributed by atoms with E-state index in [0.717, 1.165) is 12.8 Å². The van der Waals surface area contributed by atoms with E-state index in [0.29, 0.717) is 23.1 Å². The summed E-state index contributed by atoms with van der Waals surface area (Å²) in [6, 6.07) is 0. The van der Waals surface area contributed by atoms with E-state index in [4.69, 9.17) is 14.6 Å². The first kappa shape index (κ1) is 19.3. The molecule has 0 amide bonds. The quantitative estimate of drug-likeness (QED) is 0.394. The van der Waals surface area contributed by atoms with Crippen molar-refractivity contribution in [2.24, 2.45) is 5.41 Å². The van der Waals surface area contributed by atoms with Gasteiger partial charge < -0.3 is 19.7 Å². The Bertz CT molecular complexity index is 598. The van der Waals surface area contributed by atoms with E-state index in [1.165, 1.54) is 27.2 Å². The highest BCUT2D eigenvalue weighted by molar-refractivity contribution is 9.10. The number of rotatable bonds is 8. The van der Waals surface area contributed by atoms with Crippen LogP contribution in [0.5, 0.6) is 11.5 Å². The fourth-order valence-corrected chi connectivity index (χ4v) is 2.23. The molecule has 128 valence electrons. The first-order chi connectivity index (χ1) is 10.8. The van der Waals surface area contributed by atoms with Crippen molar-refractivity contribution in [2.75, 3.05) is 13.7 Å². The Balaban J connectivity index is 3.32. The Morgan fingerprint density at radius 1 is 1.43 bits per heavy atom. The van der Waals surface area contributed by atoms with Crippen LogP contribution < -0.4 is 9.47 Å². The standard InChI is InChI=1S/C16H22BrNO5/c1-5-6-7-23-13-10(17)8-18-12(14(13)22-4)15(21)16(2,3)11(20)9-19/h8-9,19-20H,5-7H2,1-4H3/b11-9-. The van der Waals surface area contributed by atoms with Gasteiger partial charge in [0, 0.05) is 6.20 Å². The number of carbonyl (C=O) groups excluding carboxylic acids is 1. The Hall–Kier alpha value is -1.76. The van der Waals surface area contributed by atoms with Crippen molar-refractivity contribution in [3.8, 4) is 11.5 Å². The van der Waals surface area contributed by atoms with E-state index < -0.39 is 17.0 Å². The number of allylic oxidation sites excluding steroid dienone is 1. The zero-order valence-electron chi connectivity index (χ0n) is 13.7. The summed E-state index contributed by atoms with van der Waals surface area (Å²) in [4.78, 5) is 16.8. The molecule has 2 N–H and O–H groups in total. The van der Waals surface area contributed by atoms with E-state index in [1.807, 2.05) is 6.92 Å². The van der Waals surface area contributed by atoms with Gasteiger partial charge in [-0.15, -0.1) is 0 Å². The van der Waals surface area contributed by atoms with E-state index in [-0.39, 0.29) is 11.4 Å². The number of methoxy groups -OCH3 is 1. The molecule has 7 heteroatoms. The molecule has 0 aliphatic carbocycles. The Morgan fingerprint density at radius 2 is 2.09 bits per heavy atom. The van der Waals surface area contributed by atoms with Gasteiger partial charge in [0.15, 0.2) is 23.0 Å². The molecule has 0 spiro atoms. The summed E-state index contributed by atoms with van der Waals surface area (Å²) in [6.45, 7) is 5.49. The molecular weight excluding hydrogens is 366 g/mol. The van der Waals surface area contributed by atoms with Crippen molar-refractivity contribution in [2.45, 2.75) is 33.6 Å². The molecule has 1 heterocycles. The predicted molar refractivity (Wildman–Crippen MR) is 90.3 cm³/mol. The fraction of sp³-hybridized carbons (Fsp3) is 0.500. The van der Waals surface area contributed by atoms with Gasteiger partial charge >= 0.3 is 0 Å². The highest BCUT2D eigenvalue weighted by atomic mass is 79.9. The molecule has 0 atom stereocenters. The molecule has 0 bridgehead atoms. The first-order valence-corrected chi connectivity index (χ1v) is 8.04. The van der Waals surface area contributed by atoms with Crippen LogP contribution in [0.3, 0.4) is 0 Å². The number of hydrogen-bond donors (Lipinski definition) is 2. The smallest absolute Gasteiger partial charge is 0.198 e. The van der Waals surface area contributed by atoms with Crippen molar-refractivity contribution in [1.82, 2.24) is 4.98 Å². The highest BCUT2D eigenvalue weighted by Gasteiger charge is 2.37. The van der Waals surface area contributed by atoms with Gasteiger partial charge in [-0.2, -0.15) is 0 Å². The van der Waals surface area contributed by atoms with Gasteiger partial charge in [-0.05, 0) is 36.2 Å². The predicted octanol–water partition coefficient (Wildman–Crippen LogP) is 4.20. The second kappa shape index (κ2) is 8.19. The minimum Gasteiger partial charge on any atom is -0.512 e. The maximum absolute atomic E-state index is 12.7. The maximum Gasteiger partial charge on any atom is 0.198 e. The molecule has 6 nitrogen and oxygen atoms in total. The van der Waals surface area contributed by atoms with Crippen LogP contribution in [0.1, 0.15) is 44.1 Å². The van der Waals surface area contributed by atoms with Crippen molar-refractivity contribution < 1.29 is 24.5 Å². The molecule has 0 unspecified atom stereocenters. The third-order valence-corrected chi connectivity index (χ3v) is 4.00. The van der Waals surface area contributed by atoms with Gasteiger partial charge in [0.2, 0.25) is 0 Å². The topological polar surface area (TPSA) is 88.9 Å². The molecule has 0 radical (unpaired) electrons. The van der Waals surface area contributed by atoms with Crippen LogP contribution >= 0.6 is 15.9 Å². The van der Waals surface area contributed by atoms with Crippen molar-refractivity contribution >= 4 is 21.7 Å². The number of Topliss-reactive ketones (excluding diaryl/α,β-unsaturated/α-hetero) is 1. The van der Waals surface area contributed by atoms with E-state index in [2.05, 4.69) is 20.9 Å². The van der Waals surface area contributed by atoms with Gasteiger partial charge in [-0.1, -0.05) is 13.3 Å². The summed E-state index contributed by atoms with van der Waals surface area (Å²) in [5.74, 6) is -0.366. The lowest BCUT2D eigenvalue weighted by Crippen LogP contribution is -2.28. The monoisotopic (exact) mass is 387 g/mol. The van der Waals surface area contributed by atoms with Crippen LogP contribution in [-0.2, 0) is 0 Å². The summed E-state index contributed by atoms with van der Waals surface area (Å²) in [6.07, 6.45) is 3.79. The third-order valence-electron chi connectivity index (χ3n) is 3.44. The molecule has 1 aromatic heterocycles. The number of hydrogen-bond acceptors (Lipinski definition) is 6. The average molecular weight is 388 g/mol. The Labute approximate surface area is 144 Å². The molecule has 0 saturated carbocycles. The highest BCUT2D eigenvalue weighted by Crippen LogP contribution is 2.40. The van der Waals surface area contributed by atoms with Gasteiger partial charge in [0.1, 0.15) is 12.0 Å². The molecule has 0 saturated heterocycles. The molecule has 0 aromatic carbocycles. The van der Waals surface area contributed by atoms with E-state index in [1.54, 1.807) is 0 Å². The van der Waals surface area contributed by atoms with Crippen LogP contribution in [0.2, 0.25) is 0 Å². The summed E-state index contributed by atoms with van der Waals surface area (Å²) in [5, 5.41) is 18.7. The molecule has 23 heavy (non-hydrogen) atoms. The molecule has 1 rings (SSSR count). The largest absolute Gasteiger partial charge is 0.512 e. The number of aliphatic hydroxyl groups is 2. The Morgan fingerprint density at radius 3 is 2.61 bits per heavy atom. The molecule has 1 aromatic rings. The number of carbonyl (C=O) groups is 1. The summed E-state index contributed by atoms with van der Waals surface area (Å²) in [7, 11) is 1.42. The number of ether oxygens (including phenoxy) is 2. The van der Waals surface area contributed by atoms with Crippen LogP contribution in [0.4, 0.5) is 0 Å². The Kier molecular flexibility index (Phi) is 6.87. The second-order valence-electron chi connectivity index (χ2n) is 5.49. The SMILES string of the molecule is CCCCOc1c(Br)cnc(C(=O)C(C)(C)/C(O)=C/O)c1OC. The zero-order valence-corrected chi connectivity index (χ0v) is 15.3. The lowest BCUT2D eigenvalue weighted by Gasteiger charge is -2.23.